The summed E-state index contributed by atoms with van der Waals surface area (Å²) < 4.78 is 12.7. The van der Waals surface area contributed by atoms with Gasteiger partial charge < -0.3 is 14.2 Å². The van der Waals surface area contributed by atoms with E-state index < -0.39 is 12.3 Å². The molecule has 0 aliphatic rings. The Bertz CT molecular complexity index is 187. The van der Waals surface area contributed by atoms with Crippen molar-refractivity contribution >= 4 is 12.3 Å². The minimum Gasteiger partial charge on any atom is -0.430 e. The summed E-state index contributed by atoms with van der Waals surface area (Å²) in [5.41, 5.74) is 0. The number of hydrogen-bond acceptors (Lipinski definition) is 5. The number of rotatable bonds is 4. The largest absolute Gasteiger partial charge is 0.518 e. The third-order valence-corrected chi connectivity index (χ3v) is 0.805. The van der Waals surface area contributed by atoms with E-state index in [0.717, 1.165) is 0 Å². The molecule has 0 fully saturated rings. The molecule has 0 aliphatic carbocycles. The van der Waals surface area contributed by atoms with E-state index in [1.165, 1.54) is 12.2 Å². The van der Waals surface area contributed by atoms with Crippen molar-refractivity contribution < 1.29 is 23.8 Å². The van der Waals surface area contributed by atoms with Crippen LogP contribution in [0.4, 0.5) is 9.59 Å². The van der Waals surface area contributed by atoms with Crippen molar-refractivity contribution in [1.29, 1.82) is 0 Å². The fourth-order valence-electron chi connectivity index (χ4n) is 0.381. The Hall–Kier alpha value is -1.78. The molecule has 0 aromatic carbocycles. The molecule has 0 aromatic rings. The van der Waals surface area contributed by atoms with Crippen LogP contribution in [0, 0.1) is 0 Å². The number of hydrogen-bond donors (Lipinski definition) is 0. The van der Waals surface area contributed by atoms with Gasteiger partial charge in [-0.1, -0.05) is 25.3 Å². The second-order valence-corrected chi connectivity index (χ2v) is 1.80. The normalized spacial score (nSPS) is 8.31. The van der Waals surface area contributed by atoms with Gasteiger partial charge in [0.1, 0.15) is 13.2 Å². The van der Waals surface area contributed by atoms with Crippen molar-refractivity contribution in [2.75, 3.05) is 13.2 Å². The highest BCUT2D eigenvalue weighted by atomic mass is 16.8. The lowest BCUT2D eigenvalue weighted by molar-refractivity contribution is 0.0457. The third-order valence-electron chi connectivity index (χ3n) is 0.805. The van der Waals surface area contributed by atoms with Crippen LogP contribution < -0.4 is 0 Å². The van der Waals surface area contributed by atoms with Gasteiger partial charge in [0.05, 0.1) is 0 Å². The van der Waals surface area contributed by atoms with E-state index in [1.807, 2.05) is 0 Å². The lowest BCUT2D eigenvalue weighted by Gasteiger charge is -2.01. The average Bonchev–Trinajstić information content (AvgIpc) is 2.11. The zero-order valence-electron chi connectivity index (χ0n) is 7.02. The summed E-state index contributed by atoms with van der Waals surface area (Å²) in [6, 6.07) is 0. The van der Waals surface area contributed by atoms with Gasteiger partial charge in [-0.3, -0.25) is 0 Å². The predicted molar refractivity (Wildman–Crippen MR) is 44.2 cm³/mol. The SMILES string of the molecule is C=CCOC(=O)OC(=O)OCC=C. The molecule has 0 unspecified atom stereocenters. The van der Waals surface area contributed by atoms with Crippen LogP contribution in [0.1, 0.15) is 0 Å². The fourth-order valence-corrected chi connectivity index (χ4v) is 0.381. The van der Waals surface area contributed by atoms with Crippen molar-refractivity contribution in [2.45, 2.75) is 0 Å². The summed E-state index contributed by atoms with van der Waals surface area (Å²) in [6.07, 6.45) is 0.454. The maximum atomic E-state index is 10.6. The molecule has 0 saturated carbocycles. The van der Waals surface area contributed by atoms with E-state index >= 15 is 0 Å². The molecule has 0 rings (SSSR count). The van der Waals surface area contributed by atoms with Gasteiger partial charge in [-0.15, -0.1) is 0 Å². The summed E-state index contributed by atoms with van der Waals surface area (Å²) in [6.45, 7) is 6.56. The van der Waals surface area contributed by atoms with Crippen LogP contribution in [0.25, 0.3) is 0 Å². The molecule has 0 aromatic heterocycles. The summed E-state index contributed by atoms with van der Waals surface area (Å²) in [4.78, 5) is 21.1. The van der Waals surface area contributed by atoms with Gasteiger partial charge in [0, 0.05) is 0 Å². The molecule has 0 amide bonds. The van der Waals surface area contributed by atoms with E-state index in [-0.39, 0.29) is 13.2 Å². The monoisotopic (exact) mass is 186 g/mol. The van der Waals surface area contributed by atoms with Gasteiger partial charge >= 0.3 is 12.3 Å². The van der Waals surface area contributed by atoms with E-state index in [9.17, 15) is 9.59 Å². The predicted octanol–water partition coefficient (Wildman–Crippen LogP) is 1.65. The molecule has 0 bridgehead atoms. The van der Waals surface area contributed by atoms with Crippen LogP contribution in [0.5, 0.6) is 0 Å². The maximum absolute atomic E-state index is 10.6. The molecular formula is C8H10O5. The van der Waals surface area contributed by atoms with Crippen LogP contribution in [0.3, 0.4) is 0 Å². The van der Waals surface area contributed by atoms with E-state index in [0.29, 0.717) is 0 Å². The van der Waals surface area contributed by atoms with Gasteiger partial charge in [-0.25, -0.2) is 9.59 Å². The third kappa shape index (κ3) is 6.61. The minimum atomic E-state index is -1.12. The Morgan fingerprint density at radius 1 is 1.00 bits per heavy atom. The Balaban J connectivity index is 3.58. The highest BCUT2D eigenvalue weighted by Crippen LogP contribution is 1.90. The first-order chi connectivity index (χ1) is 6.20. The van der Waals surface area contributed by atoms with Gasteiger partial charge in [-0.2, -0.15) is 0 Å². The quantitative estimate of drug-likeness (QED) is 0.379. The summed E-state index contributed by atoms with van der Waals surface area (Å²) >= 11 is 0. The topological polar surface area (TPSA) is 61.8 Å². The van der Waals surface area contributed by atoms with Crippen molar-refractivity contribution in [2.24, 2.45) is 0 Å². The highest BCUT2D eigenvalue weighted by Gasteiger charge is 2.11. The number of carbonyl (C=O) groups excluding carboxylic acids is 2. The van der Waals surface area contributed by atoms with Crippen molar-refractivity contribution in [1.82, 2.24) is 0 Å². The molecule has 0 spiro atoms. The Morgan fingerprint density at radius 3 is 1.69 bits per heavy atom. The molecular weight excluding hydrogens is 176 g/mol. The first-order valence-corrected chi connectivity index (χ1v) is 3.44. The summed E-state index contributed by atoms with van der Waals surface area (Å²) in [5, 5.41) is 0. The first-order valence-electron chi connectivity index (χ1n) is 3.44. The smallest absolute Gasteiger partial charge is 0.430 e. The maximum Gasteiger partial charge on any atom is 0.518 e. The lowest BCUT2D eigenvalue weighted by atomic mass is 10.7. The first kappa shape index (κ1) is 11.2. The standard InChI is InChI=1S/C8H10O5/c1-3-5-11-7(9)13-8(10)12-6-4-2/h3-4H,1-2,5-6H2. The van der Waals surface area contributed by atoms with E-state index in [2.05, 4.69) is 27.4 Å². The van der Waals surface area contributed by atoms with Crippen LogP contribution in [0.2, 0.25) is 0 Å². The molecule has 0 saturated heterocycles. The van der Waals surface area contributed by atoms with Crippen molar-refractivity contribution in [3.8, 4) is 0 Å². The Labute approximate surface area is 75.6 Å². The zero-order valence-corrected chi connectivity index (χ0v) is 7.02. The highest BCUT2D eigenvalue weighted by molar-refractivity contribution is 5.76. The molecule has 0 atom stereocenters. The minimum absolute atomic E-state index is 0.0203. The summed E-state index contributed by atoms with van der Waals surface area (Å²) in [7, 11) is 0. The second-order valence-electron chi connectivity index (χ2n) is 1.80. The Morgan fingerprint density at radius 2 is 1.38 bits per heavy atom. The number of ether oxygens (including phenoxy) is 3. The van der Waals surface area contributed by atoms with Gasteiger partial charge in [0.15, 0.2) is 0 Å². The molecule has 5 heteroatoms. The number of carbonyl (C=O) groups is 2. The molecule has 72 valence electrons. The molecule has 0 N–H and O–H groups in total. The lowest BCUT2D eigenvalue weighted by Crippen LogP contribution is -2.15. The molecule has 0 radical (unpaired) electrons. The van der Waals surface area contributed by atoms with Gasteiger partial charge in [-0.05, 0) is 0 Å². The zero-order chi connectivity index (χ0) is 10.1. The molecule has 0 heterocycles. The molecule has 0 aliphatic heterocycles. The van der Waals surface area contributed by atoms with Crippen LogP contribution in [-0.2, 0) is 14.2 Å². The van der Waals surface area contributed by atoms with Crippen LogP contribution in [0.15, 0.2) is 25.3 Å². The summed E-state index contributed by atoms with van der Waals surface area (Å²) in [5.74, 6) is 0. The van der Waals surface area contributed by atoms with Crippen molar-refractivity contribution in [3.63, 3.8) is 0 Å². The second kappa shape index (κ2) is 6.90. The molecule has 13 heavy (non-hydrogen) atoms. The van der Waals surface area contributed by atoms with Gasteiger partial charge in [0.25, 0.3) is 0 Å². The van der Waals surface area contributed by atoms with Crippen LogP contribution in [-0.4, -0.2) is 25.5 Å². The van der Waals surface area contributed by atoms with E-state index in [4.69, 9.17) is 0 Å². The Kier molecular flexibility index (Phi) is 5.96. The fraction of sp³-hybridized carbons (Fsp3) is 0.250. The average molecular weight is 186 g/mol. The van der Waals surface area contributed by atoms with Crippen LogP contribution >= 0.6 is 0 Å². The van der Waals surface area contributed by atoms with Crippen molar-refractivity contribution in [3.05, 3.63) is 25.3 Å². The van der Waals surface area contributed by atoms with E-state index in [1.54, 1.807) is 0 Å². The molecule has 5 nitrogen and oxygen atoms in total. The van der Waals surface area contributed by atoms with Gasteiger partial charge in [0.2, 0.25) is 0 Å².